The van der Waals surface area contributed by atoms with Crippen molar-refractivity contribution >= 4 is 34.6 Å². The van der Waals surface area contributed by atoms with Gasteiger partial charge in [-0.1, -0.05) is 48.5 Å². The van der Waals surface area contributed by atoms with Crippen LogP contribution in [0, 0.1) is 26.2 Å². The Kier molecular flexibility index (Phi) is 9.28. The normalized spacial score (nSPS) is 11.6. The van der Waals surface area contributed by atoms with Gasteiger partial charge in [0.25, 0.3) is 5.91 Å². The number of hydrogen-bond donors (Lipinski definition) is 1. The summed E-state index contributed by atoms with van der Waals surface area (Å²) in [7, 11) is 0. The first kappa shape index (κ1) is 25.8. The molecule has 0 aliphatic carbocycles. The van der Waals surface area contributed by atoms with Crippen molar-refractivity contribution in [1.82, 2.24) is 5.32 Å². The Hall–Kier alpha value is -3.82. The molecule has 1 atom stereocenters. The quantitative estimate of drug-likeness (QED) is 0.194. The highest BCUT2D eigenvalue weighted by Crippen LogP contribution is 2.35. The number of nitrogens with one attached hydrogen (secondary N) is 1. The molecule has 7 heteroatoms. The SMILES string of the molecule is CCOc1cc(/C=C(/C#N)C(=O)N[C@@H](C)c2ccccc2)cc(I)c1OCc1ccccc1C#N. The molecule has 3 aromatic rings. The summed E-state index contributed by atoms with van der Waals surface area (Å²) >= 11 is 2.13. The Morgan fingerprint density at radius 1 is 1.09 bits per heavy atom. The number of amides is 1. The van der Waals surface area contributed by atoms with E-state index in [2.05, 4.69) is 34.0 Å². The zero-order chi connectivity index (χ0) is 25.2. The van der Waals surface area contributed by atoms with Gasteiger partial charge in [0.1, 0.15) is 18.2 Å². The summed E-state index contributed by atoms with van der Waals surface area (Å²) in [5.41, 5.74) is 2.90. The van der Waals surface area contributed by atoms with Crippen LogP contribution < -0.4 is 14.8 Å². The van der Waals surface area contributed by atoms with E-state index in [4.69, 9.17) is 9.47 Å². The van der Waals surface area contributed by atoms with Gasteiger partial charge in [0.2, 0.25) is 0 Å². The lowest BCUT2D eigenvalue weighted by molar-refractivity contribution is -0.117. The van der Waals surface area contributed by atoms with Crippen molar-refractivity contribution in [2.24, 2.45) is 0 Å². The molecule has 1 amide bonds. The zero-order valence-electron chi connectivity index (χ0n) is 19.4. The van der Waals surface area contributed by atoms with Crippen LogP contribution in [0.5, 0.6) is 11.5 Å². The molecule has 6 nitrogen and oxygen atoms in total. The van der Waals surface area contributed by atoms with Crippen LogP contribution in [0.4, 0.5) is 0 Å². The van der Waals surface area contributed by atoms with E-state index in [0.717, 1.165) is 14.7 Å². The summed E-state index contributed by atoms with van der Waals surface area (Å²) in [6, 6.07) is 24.3. The maximum atomic E-state index is 12.8. The maximum absolute atomic E-state index is 12.8. The predicted octanol–water partition coefficient (Wildman–Crippen LogP) is 5.92. The number of hydrogen-bond acceptors (Lipinski definition) is 5. The van der Waals surface area contributed by atoms with Crippen LogP contribution in [-0.2, 0) is 11.4 Å². The van der Waals surface area contributed by atoms with Crippen molar-refractivity contribution in [3.63, 3.8) is 0 Å². The molecule has 0 aliphatic heterocycles. The number of benzene rings is 3. The molecule has 0 radical (unpaired) electrons. The summed E-state index contributed by atoms with van der Waals surface area (Å²) in [4.78, 5) is 12.8. The zero-order valence-corrected chi connectivity index (χ0v) is 21.6. The van der Waals surface area contributed by atoms with Crippen LogP contribution in [0.1, 0.15) is 42.1 Å². The van der Waals surface area contributed by atoms with Crippen LogP contribution in [0.3, 0.4) is 0 Å². The monoisotopic (exact) mass is 577 g/mol. The number of halogens is 1. The van der Waals surface area contributed by atoms with Gasteiger partial charge in [-0.05, 0) is 71.8 Å². The smallest absolute Gasteiger partial charge is 0.262 e. The number of carbonyl (C=O) groups is 1. The van der Waals surface area contributed by atoms with Gasteiger partial charge < -0.3 is 14.8 Å². The Bertz CT molecular complexity index is 1310. The van der Waals surface area contributed by atoms with Gasteiger partial charge in [-0.25, -0.2) is 0 Å². The van der Waals surface area contributed by atoms with Gasteiger partial charge >= 0.3 is 0 Å². The van der Waals surface area contributed by atoms with E-state index in [1.165, 1.54) is 6.08 Å². The lowest BCUT2D eigenvalue weighted by Gasteiger charge is -2.16. The van der Waals surface area contributed by atoms with Crippen LogP contribution >= 0.6 is 22.6 Å². The van der Waals surface area contributed by atoms with E-state index < -0.39 is 5.91 Å². The summed E-state index contributed by atoms with van der Waals surface area (Å²) in [5, 5.41) is 21.8. The topological polar surface area (TPSA) is 95.1 Å². The molecule has 0 bridgehead atoms. The second-order valence-electron chi connectivity index (χ2n) is 7.60. The van der Waals surface area contributed by atoms with Gasteiger partial charge in [0.05, 0.1) is 27.9 Å². The molecule has 176 valence electrons. The van der Waals surface area contributed by atoms with Crippen LogP contribution in [-0.4, -0.2) is 12.5 Å². The lowest BCUT2D eigenvalue weighted by Crippen LogP contribution is -2.27. The lowest BCUT2D eigenvalue weighted by atomic mass is 10.1. The molecule has 0 saturated heterocycles. The van der Waals surface area contributed by atoms with Crippen LogP contribution in [0.2, 0.25) is 0 Å². The second kappa shape index (κ2) is 12.6. The molecule has 0 fully saturated rings. The maximum Gasteiger partial charge on any atom is 0.262 e. The van der Waals surface area contributed by atoms with Gasteiger partial charge in [-0.2, -0.15) is 10.5 Å². The number of ether oxygens (including phenoxy) is 2. The minimum absolute atomic E-state index is 0.0114. The molecular formula is C28H24IN3O3. The third-order valence-electron chi connectivity index (χ3n) is 5.16. The Morgan fingerprint density at radius 2 is 1.80 bits per heavy atom. The molecular weight excluding hydrogens is 553 g/mol. The van der Waals surface area contributed by atoms with Crippen LogP contribution in [0.15, 0.2) is 72.3 Å². The van der Waals surface area contributed by atoms with Crippen LogP contribution in [0.25, 0.3) is 6.08 Å². The molecule has 3 aromatic carbocycles. The van der Waals surface area contributed by atoms with Crippen molar-refractivity contribution in [1.29, 1.82) is 10.5 Å². The summed E-state index contributed by atoms with van der Waals surface area (Å²) in [6.45, 7) is 4.35. The van der Waals surface area contributed by atoms with E-state index in [-0.39, 0.29) is 18.2 Å². The van der Waals surface area contributed by atoms with Crippen molar-refractivity contribution in [2.75, 3.05) is 6.61 Å². The highest BCUT2D eigenvalue weighted by Gasteiger charge is 2.16. The number of nitriles is 2. The summed E-state index contributed by atoms with van der Waals surface area (Å²) in [6.07, 6.45) is 1.53. The third kappa shape index (κ3) is 6.84. The molecule has 0 aliphatic rings. The molecule has 0 unspecified atom stereocenters. The van der Waals surface area contributed by atoms with E-state index in [1.807, 2.05) is 74.5 Å². The standard InChI is InChI=1S/C28H24IN3O3/c1-3-34-26-15-20(13-24(17-31)28(33)32-19(2)21-9-5-4-6-10-21)14-25(29)27(26)35-18-23-12-8-7-11-22(23)16-30/h4-15,19H,3,18H2,1-2H3,(H,32,33)/b24-13-/t19-/m0/s1. The van der Waals surface area contributed by atoms with E-state index in [9.17, 15) is 15.3 Å². The minimum Gasteiger partial charge on any atom is -0.490 e. The molecule has 35 heavy (non-hydrogen) atoms. The van der Waals surface area contributed by atoms with E-state index >= 15 is 0 Å². The van der Waals surface area contributed by atoms with Crippen molar-refractivity contribution in [3.8, 4) is 23.6 Å². The third-order valence-corrected chi connectivity index (χ3v) is 5.97. The van der Waals surface area contributed by atoms with Gasteiger partial charge in [-0.3, -0.25) is 4.79 Å². The average molecular weight is 577 g/mol. The first-order valence-electron chi connectivity index (χ1n) is 11.0. The van der Waals surface area contributed by atoms with E-state index in [1.54, 1.807) is 12.1 Å². The number of nitrogens with zero attached hydrogens (tertiary/aromatic N) is 2. The Morgan fingerprint density at radius 3 is 2.49 bits per heavy atom. The molecule has 0 saturated carbocycles. The van der Waals surface area contributed by atoms with Gasteiger partial charge in [-0.15, -0.1) is 0 Å². The fourth-order valence-corrected chi connectivity index (χ4v) is 4.18. The highest BCUT2D eigenvalue weighted by atomic mass is 127. The van der Waals surface area contributed by atoms with E-state index in [0.29, 0.717) is 29.2 Å². The molecule has 1 N–H and O–H groups in total. The Balaban J connectivity index is 1.84. The van der Waals surface area contributed by atoms with Crippen molar-refractivity contribution < 1.29 is 14.3 Å². The first-order chi connectivity index (χ1) is 17.0. The fourth-order valence-electron chi connectivity index (χ4n) is 3.39. The number of rotatable bonds is 9. The van der Waals surface area contributed by atoms with Gasteiger partial charge in [0, 0.05) is 5.56 Å². The molecule has 0 spiro atoms. The van der Waals surface area contributed by atoms with Gasteiger partial charge in [0.15, 0.2) is 11.5 Å². The minimum atomic E-state index is -0.453. The Labute approximate surface area is 218 Å². The number of carbonyl (C=O) groups excluding carboxylic acids is 1. The summed E-state index contributed by atoms with van der Waals surface area (Å²) in [5.74, 6) is 0.582. The highest BCUT2D eigenvalue weighted by molar-refractivity contribution is 14.1. The molecule has 3 rings (SSSR count). The molecule has 0 aromatic heterocycles. The summed E-state index contributed by atoms with van der Waals surface area (Å²) < 4.78 is 12.6. The first-order valence-corrected chi connectivity index (χ1v) is 12.1. The van der Waals surface area contributed by atoms with Crippen molar-refractivity contribution in [3.05, 3.63) is 98.1 Å². The fraction of sp³-hybridized carbons (Fsp3) is 0.179. The largest absolute Gasteiger partial charge is 0.490 e. The predicted molar refractivity (Wildman–Crippen MR) is 142 cm³/mol. The molecule has 0 heterocycles. The second-order valence-corrected chi connectivity index (χ2v) is 8.76. The average Bonchev–Trinajstić information content (AvgIpc) is 2.87. The van der Waals surface area contributed by atoms with Crippen molar-refractivity contribution in [2.45, 2.75) is 26.5 Å².